The lowest BCUT2D eigenvalue weighted by Gasteiger charge is -2.21. The maximum absolute atomic E-state index is 12.0. The van der Waals surface area contributed by atoms with Crippen molar-refractivity contribution < 1.29 is 18.3 Å². The van der Waals surface area contributed by atoms with Crippen LogP contribution in [-0.4, -0.2) is 43.4 Å². The first-order valence-electron chi connectivity index (χ1n) is 7.40. The molecule has 0 radical (unpaired) electrons. The maximum atomic E-state index is 12.0. The quantitative estimate of drug-likeness (QED) is 0.509. The second kappa shape index (κ2) is 11.0. The van der Waals surface area contributed by atoms with Crippen LogP contribution in [0.4, 0.5) is 0 Å². The third-order valence-electron chi connectivity index (χ3n) is 2.89. The fourth-order valence-corrected chi connectivity index (χ4v) is 3.33. The van der Waals surface area contributed by atoms with Crippen LogP contribution in [0, 0.1) is 0 Å². The molecule has 0 atom stereocenters. The minimum Gasteiger partial charge on any atom is -0.481 e. The lowest BCUT2D eigenvalue weighted by atomic mass is 10.1. The predicted octanol–water partition coefficient (Wildman–Crippen LogP) is 1.98. The minimum absolute atomic E-state index is 0.187. The summed E-state index contributed by atoms with van der Waals surface area (Å²) in [5.41, 5.74) is 0. The lowest BCUT2D eigenvalue weighted by Crippen LogP contribution is -2.41. The Balaban J connectivity index is 3.88. The third-order valence-corrected chi connectivity index (χ3v) is 4.50. The minimum atomic E-state index is -3.36. The summed E-state index contributed by atoms with van der Waals surface area (Å²) < 4.78 is 28.1. The van der Waals surface area contributed by atoms with Crippen LogP contribution in [0.25, 0.3) is 0 Å². The molecule has 0 unspecified atom stereocenters. The molecule has 2 N–H and O–H groups in total. The van der Waals surface area contributed by atoms with Gasteiger partial charge >= 0.3 is 5.97 Å². The summed E-state index contributed by atoms with van der Waals surface area (Å²) in [4.78, 5) is 10.3. The van der Waals surface area contributed by atoms with E-state index < -0.39 is 16.2 Å². The summed E-state index contributed by atoms with van der Waals surface area (Å²) in [5, 5.41) is 8.49. The van der Waals surface area contributed by atoms with Crippen LogP contribution < -0.4 is 4.72 Å². The topological polar surface area (TPSA) is 86.7 Å². The molecule has 20 heavy (non-hydrogen) atoms. The zero-order chi connectivity index (χ0) is 15.4. The summed E-state index contributed by atoms with van der Waals surface area (Å²) in [7, 11) is -3.36. The van der Waals surface area contributed by atoms with Crippen LogP contribution in [0.3, 0.4) is 0 Å². The van der Waals surface area contributed by atoms with Gasteiger partial charge in [-0.25, -0.2) is 4.72 Å². The molecule has 0 fully saturated rings. The number of nitrogens with one attached hydrogen (secondary N) is 1. The fraction of sp³-hybridized carbons (Fsp3) is 0.923. The molecule has 0 aromatic rings. The number of carboxylic acids is 1. The van der Waals surface area contributed by atoms with Crippen molar-refractivity contribution in [3.05, 3.63) is 0 Å². The predicted molar refractivity (Wildman–Crippen MR) is 79.8 cm³/mol. The highest BCUT2D eigenvalue weighted by Crippen LogP contribution is 2.04. The standard InChI is InChI=1S/C13H28N2O4S/c1-3-11-15(12-4-2)20(18,19)14-10-8-6-5-7-9-13(16)17/h14H,3-12H2,1-2H3,(H,16,17). The van der Waals surface area contributed by atoms with E-state index in [9.17, 15) is 13.2 Å². The van der Waals surface area contributed by atoms with Crippen LogP contribution >= 0.6 is 0 Å². The monoisotopic (exact) mass is 308 g/mol. The van der Waals surface area contributed by atoms with Gasteiger partial charge in [0.1, 0.15) is 0 Å². The van der Waals surface area contributed by atoms with Gasteiger partial charge in [0.15, 0.2) is 0 Å². The Hall–Kier alpha value is -0.660. The van der Waals surface area contributed by atoms with Gasteiger partial charge in [-0.2, -0.15) is 12.7 Å². The molecular weight excluding hydrogens is 280 g/mol. The Kier molecular flexibility index (Phi) is 10.7. The van der Waals surface area contributed by atoms with E-state index in [0.29, 0.717) is 26.1 Å². The van der Waals surface area contributed by atoms with E-state index in [1.54, 1.807) is 0 Å². The average Bonchev–Trinajstić information content (AvgIpc) is 2.37. The molecule has 0 bridgehead atoms. The number of nitrogens with zero attached hydrogens (tertiary/aromatic N) is 1. The number of carboxylic acid groups (broad SMARTS) is 1. The molecule has 0 saturated heterocycles. The van der Waals surface area contributed by atoms with Gasteiger partial charge in [-0.3, -0.25) is 4.79 Å². The van der Waals surface area contributed by atoms with Crippen molar-refractivity contribution in [2.24, 2.45) is 0 Å². The van der Waals surface area contributed by atoms with Gasteiger partial charge in [0, 0.05) is 26.1 Å². The summed E-state index contributed by atoms with van der Waals surface area (Å²) >= 11 is 0. The number of unbranched alkanes of at least 4 members (excludes halogenated alkanes) is 3. The van der Waals surface area contributed by atoms with E-state index in [0.717, 1.165) is 32.1 Å². The van der Waals surface area contributed by atoms with Crippen LogP contribution in [0.1, 0.15) is 58.8 Å². The second-order valence-electron chi connectivity index (χ2n) is 4.86. The third kappa shape index (κ3) is 9.28. The summed E-state index contributed by atoms with van der Waals surface area (Å²) in [6.45, 7) is 5.42. The molecule has 0 saturated carbocycles. The molecule has 6 nitrogen and oxygen atoms in total. The number of hydrogen-bond acceptors (Lipinski definition) is 3. The molecule has 0 amide bonds. The number of aliphatic carboxylic acids is 1. The van der Waals surface area contributed by atoms with Crippen LogP contribution in [0.5, 0.6) is 0 Å². The first-order chi connectivity index (χ1) is 9.44. The summed E-state index contributed by atoms with van der Waals surface area (Å²) in [6.07, 6.45) is 4.85. The normalized spacial score (nSPS) is 11.9. The van der Waals surface area contributed by atoms with Crippen molar-refractivity contribution >= 4 is 16.2 Å². The van der Waals surface area contributed by atoms with Gasteiger partial charge in [-0.1, -0.05) is 26.7 Å². The van der Waals surface area contributed by atoms with Gasteiger partial charge in [-0.15, -0.1) is 0 Å². The zero-order valence-corrected chi connectivity index (χ0v) is 13.4. The van der Waals surface area contributed by atoms with Gasteiger partial charge < -0.3 is 5.11 Å². The van der Waals surface area contributed by atoms with Crippen molar-refractivity contribution in [2.75, 3.05) is 19.6 Å². The molecule has 0 heterocycles. The fourth-order valence-electron chi connectivity index (χ4n) is 1.90. The highest BCUT2D eigenvalue weighted by Gasteiger charge is 2.18. The van der Waals surface area contributed by atoms with Crippen molar-refractivity contribution in [1.82, 2.24) is 9.03 Å². The summed E-state index contributed by atoms with van der Waals surface area (Å²) in [6, 6.07) is 0. The number of rotatable bonds is 13. The first kappa shape index (κ1) is 19.3. The van der Waals surface area contributed by atoms with E-state index >= 15 is 0 Å². The Morgan fingerprint density at radius 3 is 2.10 bits per heavy atom. The second-order valence-corrected chi connectivity index (χ2v) is 6.61. The van der Waals surface area contributed by atoms with E-state index in [1.165, 1.54) is 4.31 Å². The molecule has 0 aromatic heterocycles. The van der Waals surface area contributed by atoms with E-state index in [2.05, 4.69) is 4.72 Å². The Morgan fingerprint density at radius 1 is 1.05 bits per heavy atom. The van der Waals surface area contributed by atoms with Crippen LogP contribution in [0.2, 0.25) is 0 Å². The lowest BCUT2D eigenvalue weighted by molar-refractivity contribution is -0.137. The molecule has 0 aromatic carbocycles. The average molecular weight is 308 g/mol. The van der Waals surface area contributed by atoms with E-state index in [-0.39, 0.29) is 6.42 Å². The molecule has 7 heteroatoms. The Bertz CT molecular complexity index is 351. The van der Waals surface area contributed by atoms with E-state index in [1.807, 2.05) is 13.8 Å². The zero-order valence-electron chi connectivity index (χ0n) is 12.6. The van der Waals surface area contributed by atoms with Crippen LogP contribution in [0.15, 0.2) is 0 Å². The molecular formula is C13H28N2O4S. The van der Waals surface area contributed by atoms with Crippen molar-refractivity contribution in [2.45, 2.75) is 58.8 Å². The van der Waals surface area contributed by atoms with E-state index in [4.69, 9.17) is 5.11 Å². The smallest absolute Gasteiger partial charge is 0.303 e. The van der Waals surface area contributed by atoms with Gasteiger partial charge in [0.2, 0.25) is 0 Å². The van der Waals surface area contributed by atoms with Crippen LogP contribution in [-0.2, 0) is 15.0 Å². The molecule has 0 aliphatic carbocycles. The molecule has 0 spiro atoms. The summed E-state index contributed by atoms with van der Waals surface area (Å²) in [5.74, 6) is -0.777. The van der Waals surface area contributed by atoms with Gasteiger partial charge in [-0.05, 0) is 25.7 Å². The molecule has 0 aliphatic rings. The molecule has 120 valence electrons. The first-order valence-corrected chi connectivity index (χ1v) is 8.84. The number of carbonyl (C=O) groups is 1. The number of hydrogen-bond donors (Lipinski definition) is 2. The Labute approximate surface area is 122 Å². The molecule has 0 aliphatic heterocycles. The highest BCUT2D eigenvalue weighted by atomic mass is 32.2. The van der Waals surface area contributed by atoms with Crippen molar-refractivity contribution in [3.63, 3.8) is 0 Å². The Morgan fingerprint density at radius 2 is 1.60 bits per heavy atom. The van der Waals surface area contributed by atoms with Gasteiger partial charge in [0.05, 0.1) is 0 Å². The van der Waals surface area contributed by atoms with Crippen molar-refractivity contribution in [1.29, 1.82) is 0 Å². The SMILES string of the molecule is CCCN(CCC)S(=O)(=O)NCCCCCCC(=O)O. The van der Waals surface area contributed by atoms with Crippen molar-refractivity contribution in [3.8, 4) is 0 Å². The maximum Gasteiger partial charge on any atom is 0.303 e. The molecule has 0 rings (SSSR count). The van der Waals surface area contributed by atoms with Gasteiger partial charge in [0.25, 0.3) is 10.2 Å². The largest absolute Gasteiger partial charge is 0.481 e. The highest BCUT2D eigenvalue weighted by molar-refractivity contribution is 7.87.